The molecule has 3 heteroatoms. The highest BCUT2D eigenvalue weighted by Crippen LogP contribution is 2.21. The summed E-state index contributed by atoms with van der Waals surface area (Å²) in [5.74, 6) is -0.262. The Balaban J connectivity index is 2.56. The predicted molar refractivity (Wildman–Crippen MR) is 72.0 cm³/mol. The number of nitrogens with zero attached hydrogens (tertiary/aromatic N) is 1. The largest absolute Gasteiger partial charge is 0.353 e. The Labute approximate surface area is 108 Å². The highest BCUT2D eigenvalue weighted by molar-refractivity contribution is 5.76. The Morgan fingerprint density at radius 2 is 2.39 bits per heavy atom. The molecule has 0 aliphatic carbocycles. The van der Waals surface area contributed by atoms with Crippen molar-refractivity contribution in [3.05, 3.63) is 48.0 Å². The molecule has 1 N–H and O–H groups in total. The van der Waals surface area contributed by atoms with Crippen LogP contribution in [0.4, 0.5) is 0 Å². The lowest BCUT2D eigenvalue weighted by Crippen LogP contribution is -2.23. The normalized spacial score (nSPS) is 11.3. The molecule has 0 saturated heterocycles. The summed E-state index contributed by atoms with van der Waals surface area (Å²) >= 11 is 0. The molecule has 0 saturated carbocycles. The molecule has 0 spiro atoms. The van der Waals surface area contributed by atoms with Crippen molar-refractivity contribution in [1.29, 1.82) is 5.26 Å². The van der Waals surface area contributed by atoms with E-state index in [1.54, 1.807) is 6.08 Å². The SMILES string of the molecule is C=CCNC(=O)CCC(C#N)c1cccc(C)c1. The minimum absolute atomic E-state index is 0.0391. The molecule has 1 aromatic carbocycles. The van der Waals surface area contributed by atoms with E-state index >= 15 is 0 Å². The number of nitriles is 1. The van der Waals surface area contributed by atoms with Crippen molar-refractivity contribution in [3.8, 4) is 6.07 Å². The predicted octanol–water partition coefficient (Wildman–Crippen LogP) is 2.68. The van der Waals surface area contributed by atoms with Gasteiger partial charge in [-0.1, -0.05) is 35.9 Å². The lowest BCUT2D eigenvalue weighted by Gasteiger charge is -2.10. The molecule has 0 aliphatic rings. The third-order valence-corrected chi connectivity index (χ3v) is 2.70. The number of aryl methyl sites for hydroxylation is 1. The van der Waals surface area contributed by atoms with Crippen LogP contribution in [-0.4, -0.2) is 12.5 Å². The molecule has 0 radical (unpaired) electrons. The summed E-state index contributed by atoms with van der Waals surface area (Å²) in [6, 6.07) is 10.1. The quantitative estimate of drug-likeness (QED) is 0.780. The Kier molecular flexibility index (Phi) is 5.66. The molecule has 1 aromatic rings. The van der Waals surface area contributed by atoms with Gasteiger partial charge in [0.05, 0.1) is 12.0 Å². The summed E-state index contributed by atoms with van der Waals surface area (Å²) in [6.07, 6.45) is 2.54. The third-order valence-electron chi connectivity index (χ3n) is 2.70. The lowest BCUT2D eigenvalue weighted by molar-refractivity contribution is -0.121. The average Bonchev–Trinajstić information content (AvgIpc) is 2.37. The zero-order chi connectivity index (χ0) is 13.4. The topological polar surface area (TPSA) is 52.9 Å². The van der Waals surface area contributed by atoms with E-state index in [2.05, 4.69) is 18.0 Å². The molecule has 1 atom stereocenters. The highest BCUT2D eigenvalue weighted by atomic mass is 16.1. The summed E-state index contributed by atoms with van der Waals surface area (Å²) in [7, 11) is 0. The first-order valence-electron chi connectivity index (χ1n) is 6.01. The van der Waals surface area contributed by atoms with E-state index in [9.17, 15) is 4.79 Å². The minimum Gasteiger partial charge on any atom is -0.353 e. The van der Waals surface area contributed by atoms with Gasteiger partial charge >= 0.3 is 0 Å². The van der Waals surface area contributed by atoms with Gasteiger partial charge in [-0.2, -0.15) is 5.26 Å². The van der Waals surface area contributed by atoms with Crippen LogP contribution in [0.1, 0.15) is 29.9 Å². The Hall–Kier alpha value is -2.08. The number of rotatable bonds is 6. The first-order chi connectivity index (χ1) is 8.67. The van der Waals surface area contributed by atoms with Gasteiger partial charge in [0.2, 0.25) is 5.91 Å². The van der Waals surface area contributed by atoms with E-state index in [4.69, 9.17) is 5.26 Å². The molecular formula is C15H18N2O. The van der Waals surface area contributed by atoms with Gasteiger partial charge in [0.25, 0.3) is 0 Å². The summed E-state index contributed by atoms with van der Waals surface area (Å²) in [5, 5.41) is 11.9. The van der Waals surface area contributed by atoms with Crippen molar-refractivity contribution in [2.24, 2.45) is 0 Å². The monoisotopic (exact) mass is 242 g/mol. The molecule has 3 nitrogen and oxygen atoms in total. The van der Waals surface area contributed by atoms with Crippen LogP contribution >= 0.6 is 0 Å². The first-order valence-corrected chi connectivity index (χ1v) is 6.01. The van der Waals surface area contributed by atoms with Crippen LogP contribution in [0.15, 0.2) is 36.9 Å². The van der Waals surface area contributed by atoms with Crippen LogP contribution in [0.25, 0.3) is 0 Å². The van der Waals surface area contributed by atoms with Gasteiger partial charge in [-0.05, 0) is 18.9 Å². The van der Waals surface area contributed by atoms with Crippen LogP contribution in [0, 0.1) is 18.3 Å². The zero-order valence-corrected chi connectivity index (χ0v) is 10.6. The number of carbonyl (C=O) groups excluding carboxylic acids is 1. The molecule has 94 valence electrons. The summed E-state index contributed by atoms with van der Waals surface area (Å²) in [4.78, 5) is 11.5. The van der Waals surface area contributed by atoms with Crippen LogP contribution in [-0.2, 0) is 4.79 Å². The second kappa shape index (κ2) is 7.29. The van der Waals surface area contributed by atoms with Crippen molar-refractivity contribution in [2.45, 2.75) is 25.7 Å². The second-order valence-corrected chi connectivity index (χ2v) is 4.23. The van der Waals surface area contributed by atoms with E-state index in [1.807, 2.05) is 31.2 Å². The van der Waals surface area contributed by atoms with Gasteiger partial charge in [0, 0.05) is 13.0 Å². The second-order valence-electron chi connectivity index (χ2n) is 4.23. The van der Waals surface area contributed by atoms with E-state index in [0.29, 0.717) is 19.4 Å². The maximum Gasteiger partial charge on any atom is 0.220 e. The molecule has 0 aliphatic heterocycles. The lowest BCUT2D eigenvalue weighted by atomic mass is 9.94. The number of nitrogens with one attached hydrogen (secondary N) is 1. The summed E-state index contributed by atoms with van der Waals surface area (Å²) in [5.41, 5.74) is 2.11. The van der Waals surface area contributed by atoms with Gasteiger partial charge in [0.1, 0.15) is 0 Å². The van der Waals surface area contributed by atoms with E-state index in [-0.39, 0.29) is 11.8 Å². The minimum atomic E-state index is -0.223. The van der Waals surface area contributed by atoms with E-state index < -0.39 is 0 Å². The Morgan fingerprint density at radius 1 is 1.61 bits per heavy atom. The molecule has 1 rings (SSSR count). The number of hydrogen-bond acceptors (Lipinski definition) is 2. The fraction of sp³-hybridized carbons (Fsp3) is 0.333. The molecule has 18 heavy (non-hydrogen) atoms. The maximum absolute atomic E-state index is 11.5. The van der Waals surface area contributed by atoms with Gasteiger partial charge in [-0.25, -0.2) is 0 Å². The van der Waals surface area contributed by atoms with Crippen LogP contribution in [0.5, 0.6) is 0 Å². The third kappa shape index (κ3) is 4.42. The number of benzene rings is 1. The molecule has 1 unspecified atom stereocenters. The zero-order valence-electron chi connectivity index (χ0n) is 10.6. The molecule has 0 aromatic heterocycles. The van der Waals surface area contributed by atoms with Gasteiger partial charge in [-0.15, -0.1) is 6.58 Å². The molecular weight excluding hydrogens is 224 g/mol. The van der Waals surface area contributed by atoms with Crippen molar-refractivity contribution in [2.75, 3.05) is 6.54 Å². The Morgan fingerprint density at radius 3 is 3.00 bits per heavy atom. The van der Waals surface area contributed by atoms with E-state index in [0.717, 1.165) is 11.1 Å². The van der Waals surface area contributed by atoms with Crippen molar-refractivity contribution in [3.63, 3.8) is 0 Å². The number of amides is 1. The van der Waals surface area contributed by atoms with Crippen LogP contribution in [0.3, 0.4) is 0 Å². The van der Waals surface area contributed by atoms with Gasteiger partial charge in [0.15, 0.2) is 0 Å². The van der Waals surface area contributed by atoms with E-state index in [1.165, 1.54) is 0 Å². The number of hydrogen-bond donors (Lipinski definition) is 1. The molecule has 0 heterocycles. The molecule has 0 fully saturated rings. The first kappa shape index (κ1) is 14.0. The van der Waals surface area contributed by atoms with Gasteiger partial charge < -0.3 is 5.32 Å². The number of carbonyl (C=O) groups is 1. The van der Waals surface area contributed by atoms with Crippen molar-refractivity contribution in [1.82, 2.24) is 5.32 Å². The van der Waals surface area contributed by atoms with Crippen LogP contribution in [0.2, 0.25) is 0 Å². The molecule has 0 bridgehead atoms. The fourth-order valence-electron chi connectivity index (χ4n) is 1.74. The standard InChI is InChI=1S/C15H18N2O/c1-3-9-17-15(18)8-7-14(11-16)13-6-4-5-12(2)10-13/h3-6,10,14H,1,7-9H2,2H3,(H,17,18). The maximum atomic E-state index is 11.5. The summed E-state index contributed by atoms with van der Waals surface area (Å²) < 4.78 is 0. The fourth-order valence-corrected chi connectivity index (χ4v) is 1.74. The smallest absolute Gasteiger partial charge is 0.220 e. The Bertz CT molecular complexity index is 460. The van der Waals surface area contributed by atoms with Crippen molar-refractivity contribution < 1.29 is 4.79 Å². The van der Waals surface area contributed by atoms with Crippen molar-refractivity contribution >= 4 is 5.91 Å². The molecule has 1 amide bonds. The van der Waals surface area contributed by atoms with Gasteiger partial charge in [-0.3, -0.25) is 4.79 Å². The highest BCUT2D eigenvalue weighted by Gasteiger charge is 2.12. The average molecular weight is 242 g/mol. The van der Waals surface area contributed by atoms with Crippen LogP contribution < -0.4 is 5.32 Å². The summed E-state index contributed by atoms with van der Waals surface area (Å²) in [6.45, 7) is 6.00.